The monoisotopic (exact) mass is 573 g/mol. The number of furan rings is 2. The average Bonchev–Trinajstić information content (AvgIpc) is 3.78. The van der Waals surface area contributed by atoms with E-state index in [1.54, 1.807) is 43.8 Å². The van der Waals surface area contributed by atoms with Crippen LogP contribution in [0, 0.1) is 11.6 Å². The summed E-state index contributed by atoms with van der Waals surface area (Å²) in [7, 11) is 1.54. The summed E-state index contributed by atoms with van der Waals surface area (Å²) in [5.41, 5.74) is 6.24. The Morgan fingerprint density at radius 2 is 1.79 bits per heavy atom. The zero-order chi connectivity index (χ0) is 29.2. The standard InChI is InChI=1S/C34H21F2N3O4/c1-37-34(40)31-24-13-22(21(19-11-12-41-16-19)15-30(24)43-33(31)18-5-7-20(35)8-6-18)26-9-10-29-32(38-26)28-14-23-25(36)3-2-4-27(23)39(28)17-42-29/h2-16H,17H2,1H3,(H,37,40). The number of fused-ring (bicyclic) bond motifs is 6. The third-order valence-electron chi connectivity index (χ3n) is 7.84. The van der Waals surface area contributed by atoms with Gasteiger partial charge in [0.1, 0.15) is 34.4 Å². The van der Waals surface area contributed by atoms with Crippen molar-refractivity contribution >= 4 is 27.8 Å². The molecule has 0 spiro atoms. The summed E-state index contributed by atoms with van der Waals surface area (Å²) >= 11 is 0. The van der Waals surface area contributed by atoms with Gasteiger partial charge in [-0.1, -0.05) is 6.07 Å². The molecule has 3 aromatic carbocycles. The number of nitrogens with zero attached hydrogens (tertiary/aromatic N) is 2. The van der Waals surface area contributed by atoms with Crippen molar-refractivity contribution in [2.75, 3.05) is 7.05 Å². The van der Waals surface area contributed by atoms with Gasteiger partial charge < -0.3 is 23.5 Å². The van der Waals surface area contributed by atoms with Crippen LogP contribution in [-0.4, -0.2) is 22.5 Å². The van der Waals surface area contributed by atoms with Gasteiger partial charge in [-0.05, 0) is 78.4 Å². The van der Waals surface area contributed by atoms with Crippen LogP contribution in [0.25, 0.3) is 67.0 Å². The van der Waals surface area contributed by atoms with E-state index in [0.29, 0.717) is 55.9 Å². The van der Waals surface area contributed by atoms with E-state index in [2.05, 4.69) is 5.32 Å². The second-order valence-electron chi connectivity index (χ2n) is 10.2. The summed E-state index contributed by atoms with van der Waals surface area (Å²) in [6.45, 7) is 0.235. The van der Waals surface area contributed by atoms with E-state index in [1.165, 1.54) is 18.2 Å². The van der Waals surface area contributed by atoms with Gasteiger partial charge >= 0.3 is 0 Å². The molecular formula is C34H21F2N3O4. The average molecular weight is 574 g/mol. The van der Waals surface area contributed by atoms with Crippen LogP contribution in [0.1, 0.15) is 10.4 Å². The molecular weight excluding hydrogens is 552 g/mol. The van der Waals surface area contributed by atoms with Crippen molar-refractivity contribution in [2.24, 2.45) is 0 Å². The molecule has 1 amide bonds. The van der Waals surface area contributed by atoms with Crippen molar-refractivity contribution in [3.8, 4) is 50.8 Å². The molecule has 0 bridgehead atoms. The lowest BCUT2D eigenvalue weighted by Crippen LogP contribution is -2.18. The molecule has 1 N–H and O–H groups in total. The van der Waals surface area contributed by atoms with Crippen molar-refractivity contribution < 1.29 is 27.1 Å². The van der Waals surface area contributed by atoms with Crippen LogP contribution in [0.3, 0.4) is 0 Å². The number of pyridine rings is 1. The van der Waals surface area contributed by atoms with Gasteiger partial charge in [-0.25, -0.2) is 13.8 Å². The molecule has 0 saturated heterocycles. The number of hydrogen-bond donors (Lipinski definition) is 1. The molecule has 0 unspecified atom stereocenters. The Bertz CT molecular complexity index is 2210. The van der Waals surface area contributed by atoms with Crippen LogP contribution in [0.5, 0.6) is 5.75 Å². The summed E-state index contributed by atoms with van der Waals surface area (Å²) in [5, 5.41) is 3.75. The van der Waals surface area contributed by atoms with Gasteiger partial charge in [0.05, 0.1) is 35.0 Å². The molecule has 5 heterocycles. The van der Waals surface area contributed by atoms with Gasteiger partial charge in [-0.15, -0.1) is 0 Å². The van der Waals surface area contributed by atoms with E-state index >= 15 is 0 Å². The Balaban J connectivity index is 1.38. The highest BCUT2D eigenvalue weighted by Gasteiger charge is 2.27. The van der Waals surface area contributed by atoms with Crippen molar-refractivity contribution in [1.82, 2.24) is 14.9 Å². The summed E-state index contributed by atoms with van der Waals surface area (Å²) in [5.74, 6) is -0.154. The minimum atomic E-state index is -0.393. The molecule has 0 atom stereocenters. The number of carbonyl (C=O) groups is 1. The molecule has 0 saturated carbocycles. The number of carbonyl (C=O) groups excluding carboxylic acids is 1. The maximum Gasteiger partial charge on any atom is 0.255 e. The predicted octanol–water partition coefficient (Wildman–Crippen LogP) is 8.03. The smallest absolute Gasteiger partial charge is 0.255 e. The molecule has 0 radical (unpaired) electrons. The molecule has 1 aliphatic heterocycles. The third kappa shape index (κ3) is 3.85. The highest BCUT2D eigenvalue weighted by Crippen LogP contribution is 2.43. The van der Waals surface area contributed by atoms with Gasteiger partial charge in [0.2, 0.25) is 0 Å². The van der Waals surface area contributed by atoms with Gasteiger partial charge in [-0.3, -0.25) is 4.79 Å². The SMILES string of the molecule is CNC(=O)c1c(-c2ccc(F)cc2)oc2cc(-c3ccoc3)c(-c3ccc4c(n3)-c3cc5c(F)cccc5n3CO4)cc12. The third-order valence-corrected chi connectivity index (χ3v) is 7.84. The van der Waals surface area contributed by atoms with Gasteiger partial charge in [-0.2, -0.15) is 0 Å². The Morgan fingerprint density at radius 1 is 0.930 bits per heavy atom. The van der Waals surface area contributed by atoms with E-state index in [0.717, 1.165) is 22.3 Å². The van der Waals surface area contributed by atoms with Gasteiger partial charge in [0.15, 0.2) is 6.73 Å². The molecule has 8 rings (SSSR count). The maximum absolute atomic E-state index is 14.7. The van der Waals surface area contributed by atoms with Gasteiger partial charge in [0.25, 0.3) is 5.91 Å². The van der Waals surface area contributed by atoms with Crippen molar-refractivity contribution in [3.63, 3.8) is 0 Å². The molecule has 1 aliphatic rings. The number of aromatic nitrogens is 2. The minimum Gasteiger partial charge on any atom is -0.472 e. The summed E-state index contributed by atoms with van der Waals surface area (Å²) in [6, 6.07) is 21.8. The lowest BCUT2D eigenvalue weighted by atomic mass is 9.95. The second kappa shape index (κ2) is 9.42. The maximum atomic E-state index is 14.7. The zero-order valence-electron chi connectivity index (χ0n) is 22.7. The van der Waals surface area contributed by atoms with Gasteiger partial charge in [0, 0.05) is 34.5 Å². The lowest BCUT2D eigenvalue weighted by Gasteiger charge is -2.21. The molecule has 7 nitrogen and oxygen atoms in total. The Kier molecular flexibility index (Phi) is 5.49. The highest BCUT2D eigenvalue weighted by atomic mass is 19.1. The predicted molar refractivity (Wildman–Crippen MR) is 157 cm³/mol. The number of hydrogen-bond acceptors (Lipinski definition) is 5. The summed E-state index contributed by atoms with van der Waals surface area (Å²) in [6.07, 6.45) is 3.20. The topological polar surface area (TPSA) is 82.4 Å². The number of amides is 1. The first-order chi connectivity index (χ1) is 21.0. The Labute approximate surface area is 242 Å². The quantitative estimate of drug-likeness (QED) is 0.231. The first kappa shape index (κ1) is 25.0. The molecule has 0 aliphatic carbocycles. The first-order valence-corrected chi connectivity index (χ1v) is 13.5. The molecule has 7 aromatic rings. The number of benzene rings is 3. The van der Waals surface area contributed by atoms with Crippen LogP contribution in [0.2, 0.25) is 0 Å². The summed E-state index contributed by atoms with van der Waals surface area (Å²) in [4.78, 5) is 18.3. The van der Waals surface area contributed by atoms with Crippen LogP contribution in [-0.2, 0) is 6.73 Å². The van der Waals surface area contributed by atoms with E-state index < -0.39 is 5.82 Å². The molecule has 4 aromatic heterocycles. The van der Waals surface area contributed by atoms with E-state index in [9.17, 15) is 13.6 Å². The molecule has 9 heteroatoms. The number of halogens is 2. The van der Waals surface area contributed by atoms with E-state index in [4.69, 9.17) is 18.6 Å². The number of nitrogens with one attached hydrogen (secondary N) is 1. The van der Waals surface area contributed by atoms with Crippen LogP contribution in [0.15, 0.2) is 100 Å². The van der Waals surface area contributed by atoms with Crippen LogP contribution < -0.4 is 10.1 Å². The Morgan fingerprint density at radius 3 is 2.58 bits per heavy atom. The second-order valence-corrected chi connectivity index (χ2v) is 10.2. The fourth-order valence-electron chi connectivity index (χ4n) is 5.78. The summed E-state index contributed by atoms with van der Waals surface area (Å²) < 4.78 is 48.0. The van der Waals surface area contributed by atoms with Crippen LogP contribution >= 0.6 is 0 Å². The van der Waals surface area contributed by atoms with E-state index in [1.807, 2.05) is 41.0 Å². The lowest BCUT2D eigenvalue weighted by molar-refractivity contribution is 0.0964. The number of ether oxygens (including phenoxy) is 1. The normalized spacial score (nSPS) is 12.3. The van der Waals surface area contributed by atoms with Crippen molar-refractivity contribution in [2.45, 2.75) is 6.73 Å². The van der Waals surface area contributed by atoms with E-state index in [-0.39, 0.29) is 18.5 Å². The fraction of sp³-hybridized carbons (Fsp3) is 0.0588. The van der Waals surface area contributed by atoms with Crippen molar-refractivity contribution in [3.05, 3.63) is 109 Å². The zero-order valence-corrected chi connectivity index (χ0v) is 22.7. The number of rotatable bonds is 4. The van der Waals surface area contributed by atoms with Crippen LogP contribution in [0.4, 0.5) is 8.78 Å². The largest absolute Gasteiger partial charge is 0.472 e. The fourth-order valence-corrected chi connectivity index (χ4v) is 5.78. The minimum absolute atomic E-state index is 0.235. The highest BCUT2D eigenvalue weighted by molar-refractivity contribution is 6.13. The Hall–Kier alpha value is -5.70. The molecule has 210 valence electrons. The molecule has 0 fully saturated rings. The molecule has 43 heavy (non-hydrogen) atoms. The first-order valence-electron chi connectivity index (χ1n) is 13.5. The van der Waals surface area contributed by atoms with Crippen molar-refractivity contribution in [1.29, 1.82) is 0 Å².